The summed E-state index contributed by atoms with van der Waals surface area (Å²) in [6.07, 6.45) is 7.61. The zero-order chi connectivity index (χ0) is 21.2. The quantitative estimate of drug-likeness (QED) is 0.704. The summed E-state index contributed by atoms with van der Waals surface area (Å²) in [4.78, 5) is 26.6. The van der Waals surface area contributed by atoms with E-state index in [0.717, 1.165) is 37.8 Å². The number of carbonyl (C=O) groups is 2. The van der Waals surface area contributed by atoms with Gasteiger partial charge in [-0.15, -0.1) is 0 Å². The number of rotatable bonds is 3. The fourth-order valence-corrected chi connectivity index (χ4v) is 7.31. The van der Waals surface area contributed by atoms with Crippen molar-refractivity contribution in [3.63, 3.8) is 0 Å². The number of nitrogens with zero attached hydrogens (tertiary/aromatic N) is 1. The summed E-state index contributed by atoms with van der Waals surface area (Å²) in [5.41, 5.74) is 0.748. The Morgan fingerprint density at radius 3 is 2.66 bits per heavy atom. The number of fused-ring (bicyclic) bond motifs is 5. The van der Waals surface area contributed by atoms with E-state index < -0.39 is 24.5 Å². The number of piperidine rings is 1. The van der Waals surface area contributed by atoms with Gasteiger partial charge in [0.1, 0.15) is 0 Å². The third kappa shape index (κ3) is 3.02. The summed E-state index contributed by atoms with van der Waals surface area (Å²) in [5.74, 6) is 0.0681. The summed E-state index contributed by atoms with van der Waals surface area (Å²) in [5, 5.41) is 1.64. The largest absolute Gasteiger partial charge is 0.353 e. The fourth-order valence-electron chi connectivity index (χ4n) is 7.31. The van der Waals surface area contributed by atoms with Crippen molar-refractivity contribution in [1.29, 1.82) is 0 Å². The van der Waals surface area contributed by atoms with Crippen LogP contribution in [0.25, 0.3) is 0 Å². The second-order valence-corrected chi connectivity index (χ2v) is 10.1. The first-order valence-corrected chi connectivity index (χ1v) is 10.8. The Balaban J connectivity index is 1.59. The van der Waals surface area contributed by atoms with E-state index in [1.807, 2.05) is 11.9 Å². The van der Waals surface area contributed by atoms with Crippen LogP contribution in [0.15, 0.2) is 11.8 Å². The first kappa shape index (κ1) is 20.7. The minimum absolute atomic E-state index is 0.0471. The van der Waals surface area contributed by atoms with E-state index in [4.69, 9.17) is 0 Å². The first-order chi connectivity index (χ1) is 13.5. The molecule has 4 aliphatic rings. The molecule has 4 nitrogen and oxygen atoms in total. The number of likely N-dealkylation sites (tertiary alicyclic amines) is 1. The van der Waals surface area contributed by atoms with E-state index in [9.17, 15) is 22.8 Å². The van der Waals surface area contributed by atoms with Crippen LogP contribution in [0.1, 0.15) is 58.8 Å². The number of amides is 2. The van der Waals surface area contributed by atoms with Gasteiger partial charge in [0.2, 0.25) is 11.8 Å². The molecule has 0 bridgehead atoms. The Bertz CT molecular complexity index is 754. The molecule has 0 unspecified atom stereocenters. The molecule has 2 amide bonds. The normalized spacial score (nSPS) is 41.9. The molecule has 3 aliphatic carbocycles. The van der Waals surface area contributed by atoms with Crippen LogP contribution in [0.5, 0.6) is 0 Å². The summed E-state index contributed by atoms with van der Waals surface area (Å²) < 4.78 is 39.4. The smallest absolute Gasteiger partial charge is 0.319 e. The van der Waals surface area contributed by atoms with Gasteiger partial charge in [-0.25, -0.2) is 4.39 Å². The number of alkyl halides is 3. The van der Waals surface area contributed by atoms with Crippen molar-refractivity contribution in [3.8, 4) is 0 Å². The molecule has 162 valence electrons. The summed E-state index contributed by atoms with van der Waals surface area (Å²) in [7, 11) is 1.86. The summed E-state index contributed by atoms with van der Waals surface area (Å²) >= 11 is 0. The van der Waals surface area contributed by atoms with Gasteiger partial charge in [-0.1, -0.05) is 19.9 Å². The fraction of sp³-hybridized carbons (Fsp3) is 0.818. The lowest BCUT2D eigenvalue weighted by Gasteiger charge is -2.58. The molecule has 1 N–H and O–H groups in total. The molecule has 0 aromatic carbocycles. The second kappa shape index (κ2) is 6.74. The monoisotopic (exact) mass is 412 g/mol. The highest BCUT2D eigenvalue weighted by Gasteiger charge is 2.61. The van der Waals surface area contributed by atoms with Gasteiger partial charge in [0.05, 0.1) is 0 Å². The number of hydrogen-bond donors (Lipinski definition) is 1. The highest BCUT2D eigenvalue weighted by molar-refractivity contribution is 5.81. The molecule has 7 heteroatoms. The number of carbonyl (C=O) groups excluding carboxylic acids is 2. The maximum atomic E-state index is 13.4. The van der Waals surface area contributed by atoms with Gasteiger partial charge < -0.3 is 4.90 Å². The highest BCUT2D eigenvalue weighted by atomic mass is 19.3. The van der Waals surface area contributed by atoms with Crippen molar-refractivity contribution in [3.05, 3.63) is 11.8 Å². The Kier molecular flexibility index (Phi) is 4.82. The van der Waals surface area contributed by atoms with Gasteiger partial charge in [-0.2, -0.15) is 8.78 Å². The Morgan fingerprint density at radius 2 is 1.97 bits per heavy atom. The maximum Gasteiger partial charge on any atom is 0.353 e. The molecule has 0 spiro atoms. The average Bonchev–Trinajstić information content (AvgIpc) is 3.02. The summed E-state index contributed by atoms with van der Waals surface area (Å²) in [6.45, 7) is 2.45. The Hall–Kier alpha value is -1.53. The third-order valence-corrected chi connectivity index (χ3v) is 8.81. The van der Waals surface area contributed by atoms with Crippen LogP contribution < -0.4 is 5.32 Å². The minimum atomic E-state index is -3.79. The topological polar surface area (TPSA) is 49.4 Å². The number of nitrogens with one attached hydrogen (secondary N) is 1. The van der Waals surface area contributed by atoms with Crippen LogP contribution in [-0.4, -0.2) is 36.5 Å². The van der Waals surface area contributed by atoms with Crippen LogP contribution >= 0.6 is 0 Å². The first-order valence-electron chi connectivity index (χ1n) is 10.8. The Labute approximate surface area is 170 Å². The van der Waals surface area contributed by atoms with Gasteiger partial charge in [0, 0.05) is 30.5 Å². The van der Waals surface area contributed by atoms with E-state index in [1.165, 1.54) is 0 Å². The van der Waals surface area contributed by atoms with Crippen LogP contribution in [0.2, 0.25) is 0 Å². The van der Waals surface area contributed by atoms with E-state index in [-0.39, 0.29) is 22.7 Å². The molecular weight excluding hydrogens is 381 g/mol. The highest BCUT2D eigenvalue weighted by Crippen LogP contribution is 2.65. The molecule has 6 atom stereocenters. The number of hydrogen-bond acceptors (Lipinski definition) is 2. The third-order valence-electron chi connectivity index (χ3n) is 8.81. The molecule has 29 heavy (non-hydrogen) atoms. The van der Waals surface area contributed by atoms with Crippen molar-refractivity contribution in [2.24, 2.45) is 34.5 Å². The zero-order valence-corrected chi connectivity index (χ0v) is 17.4. The zero-order valence-electron chi connectivity index (χ0n) is 17.4. The van der Waals surface area contributed by atoms with Crippen molar-refractivity contribution in [1.82, 2.24) is 10.2 Å². The van der Waals surface area contributed by atoms with Gasteiger partial charge in [0.15, 0.2) is 6.67 Å². The lowest BCUT2D eigenvalue weighted by atomic mass is 9.49. The lowest BCUT2D eigenvalue weighted by molar-refractivity contribution is -0.146. The Morgan fingerprint density at radius 1 is 1.24 bits per heavy atom. The second-order valence-electron chi connectivity index (χ2n) is 10.1. The molecule has 3 fully saturated rings. The molecule has 0 aromatic heterocycles. The van der Waals surface area contributed by atoms with Crippen LogP contribution in [0.3, 0.4) is 0 Å². The molecule has 4 rings (SSSR count). The van der Waals surface area contributed by atoms with Crippen LogP contribution in [0, 0.1) is 34.5 Å². The lowest BCUT2D eigenvalue weighted by Crippen LogP contribution is -2.55. The maximum absolute atomic E-state index is 13.4. The van der Waals surface area contributed by atoms with Gasteiger partial charge in [-0.05, 0) is 61.7 Å². The van der Waals surface area contributed by atoms with Gasteiger partial charge >= 0.3 is 6.05 Å². The van der Waals surface area contributed by atoms with E-state index in [1.54, 1.807) is 5.32 Å². The summed E-state index contributed by atoms with van der Waals surface area (Å²) in [6, 6.07) is -3.79. The molecule has 0 aromatic rings. The van der Waals surface area contributed by atoms with E-state index >= 15 is 0 Å². The molecule has 1 aliphatic heterocycles. The standard InChI is InChI=1S/C22H31F3N2O2/c1-20-10-8-15-13(4-7-17-21(15,2)11-9-18(28)27(17)3)14(20)5-6-16(20)19(29)26-22(24,25)12-23/h7,13-16H,4-6,8-12H2,1-3H3,(H,26,29)/t13-,14-,15-,16+,20-,21+/m0/s1. The van der Waals surface area contributed by atoms with Gasteiger partial charge in [0.25, 0.3) is 0 Å². The van der Waals surface area contributed by atoms with Crippen molar-refractivity contribution >= 4 is 11.8 Å². The van der Waals surface area contributed by atoms with Crippen molar-refractivity contribution in [2.75, 3.05) is 13.7 Å². The predicted molar refractivity (Wildman–Crippen MR) is 102 cm³/mol. The van der Waals surface area contributed by atoms with Crippen molar-refractivity contribution < 1.29 is 22.8 Å². The molecule has 1 saturated heterocycles. The SMILES string of the molecule is CN1C(=O)CC[C@@]2(C)C1=CC[C@H]1[C@@H]3CC[C@H](C(=O)NC(F)(F)CF)[C@@]3(C)CC[C@@H]12. The average molecular weight is 412 g/mol. The van der Waals surface area contributed by atoms with Crippen LogP contribution in [0.4, 0.5) is 13.2 Å². The molecular formula is C22H31F3N2O2. The van der Waals surface area contributed by atoms with Crippen LogP contribution in [-0.2, 0) is 9.59 Å². The van der Waals surface area contributed by atoms with Crippen molar-refractivity contribution in [2.45, 2.75) is 64.8 Å². The molecule has 2 saturated carbocycles. The van der Waals surface area contributed by atoms with E-state index in [0.29, 0.717) is 24.7 Å². The number of allylic oxidation sites excluding steroid dienone is 2. The molecule has 1 heterocycles. The van der Waals surface area contributed by atoms with E-state index in [2.05, 4.69) is 19.9 Å². The minimum Gasteiger partial charge on any atom is -0.319 e. The van der Waals surface area contributed by atoms with Gasteiger partial charge in [-0.3, -0.25) is 14.9 Å². The predicted octanol–water partition coefficient (Wildman–Crippen LogP) is 4.27. The molecule has 0 radical (unpaired) electrons. The number of halogens is 3.